The molecule has 0 atom stereocenters. The molecule has 5 rings (SSSR count). The first-order valence-electron chi connectivity index (χ1n) is 8.18. The zero-order chi connectivity index (χ0) is 17.0. The SMILES string of the molecule is Cc1noc(C)c1-c1nc(NC2CC2)c2ncn(-c3ccsc3)c2n1. The van der Waals surface area contributed by atoms with Crippen molar-refractivity contribution in [1.29, 1.82) is 0 Å². The molecule has 0 aromatic carbocycles. The Morgan fingerprint density at radius 3 is 2.84 bits per heavy atom. The highest BCUT2D eigenvalue weighted by Crippen LogP contribution is 2.32. The lowest BCUT2D eigenvalue weighted by Gasteiger charge is -2.08. The molecule has 0 unspecified atom stereocenters. The van der Waals surface area contributed by atoms with Crippen LogP contribution in [-0.2, 0) is 0 Å². The molecule has 126 valence electrons. The van der Waals surface area contributed by atoms with Crippen molar-refractivity contribution < 1.29 is 4.52 Å². The lowest BCUT2D eigenvalue weighted by Crippen LogP contribution is -2.06. The van der Waals surface area contributed by atoms with Crippen molar-refractivity contribution in [2.24, 2.45) is 0 Å². The van der Waals surface area contributed by atoms with Crippen LogP contribution in [0.2, 0.25) is 0 Å². The van der Waals surface area contributed by atoms with Crippen molar-refractivity contribution in [3.05, 3.63) is 34.6 Å². The number of imidazole rings is 1. The first-order valence-corrected chi connectivity index (χ1v) is 9.12. The Hall–Kier alpha value is -2.74. The number of thiophene rings is 1. The van der Waals surface area contributed by atoms with E-state index in [4.69, 9.17) is 14.5 Å². The van der Waals surface area contributed by atoms with Crippen molar-refractivity contribution in [2.75, 3.05) is 5.32 Å². The number of rotatable bonds is 4. The molecule has 8 heteroatoms. The number of hydrogen-bond donors (Lipinski definition) is 1. The zero-order valence-corrected chi connectivity index (χ0v) is 14.7. The Kier molecular flexibility index (Phi) is 3.14. The molecular formula is C17H16N6OS. The summed E-state index contributed by atoms with van der Waals surface area (Å²) in [5, 5.41) is 11.6. The standard InChI is InChI=1S/C17H16N6OS/c1-9-13(10(2)24-22-9)15-20-16(19-11-3-4-11)14-17(21-15)23(8-18-14)12-5-6-25-7-12/h5-8,11H,3-4H2,1-2H3,(H,19,20,21). The second-order valence-corrected chi connectivity index (χ2v) is 7.06. The van der Waals surface area contributed by atoms with Crippen LogP contribution >= 0.6 is 11.3 Å². The van der Waals surface area contributed by atoms with Gasteiger partial charge in [0.25, 0.3) is 0 Å². The predicted octanol–water partition coefficient (Wildman–Crippen LogP) is 3.72. The third-order valence-corrected chi connectivity index (χ3v) is 5.03. The maximum atomic E-state index is 5.31. The van der Waals surface area contributed by atoms with E-state index in [1.807, 2.05) is 23.8 Å². The van der Waals surface area contributed by atoms with Gasteiger partial charge in [-0.2, -0.15) is 11.3 Å². The molecule has 1 aliphatic rings. The smallest absolute Gasteiger partial charge is 0.170 e. The summed E-state index contributed by atoms with van der Waals surface area (Å²) in [6.45, 7) is 3.79. The highest BCUT2D eigenvalue weighted by Gasteiger charge is 2.25. The molecule has 0 amide bonds. The summed E-state index contributed by atoms with van der Waals surface area (Å²) >= 11 is 1.65. The summed E-state index contributed by atoms with van der Waals surface area (Å²) < 4.78 is 7.30. The number of aryl methyl sites for hydroxylation is 2. The molecule has 1 fully saturated rings. The number of nitrogens with one attached hydrogen (secondary N) is 1. The average molecular weight is 352 g/mol. The summed E-state index contributed by atoms with van der Waals surface area (Å²) in [5.41, 5.74) is 4.25. The minimum atomic E-state index is 0.474. The van der Waals surface area contributed by atoms with Crippen LogP contribution in [0.5, 0.6) is 0 Å². The predicted molar refractivity (Wildman–Crippen MR) is 96.2 cm³/mol. The van der Waals surface area contributed by atoms with Gasteiger partial charge in [-0.15, -0.1) is 0 Å². The molecule has 0 aliphatic heterocycles. The summed E-state index contributed by atoms with van der Waals surface area (Å²) in [6.07, 6.45) is 4.13. The Labute approximate surface area is 147 Å². The first kappa shape index (κ1) is 14.6. The maximum Gasteiger partial charge on any atom is 0.170 e. The second kappa shape index (κ2) is 5.38. The average Bonchev–Trinajstić information content (AvgIpc) is 3.00. The van der Waals surface area contributed by atoms with E-state index < -0.39 is 0 Å². The topological polar surface area (TPSA) is 81.7 Å². The molecule has 1 saturated carbocycles. The van der Waals surface area contributed by atoms with E-state index in [9.17, 15) is 0 Å². The fourth-order valence-electron chi connectivity index (χ4n) is 2.92. The van der Waals surface area contributed by atoms with Crippen LogP contribution in [-0.4, -0.2) is 30.7 Å². The fraction of sp³-hybridized carbons (Fsp3) is 0.294. The van der Waals surface area contributed by atoms with Gasteiger partial charge in [-0.25, -0.2) is 15.0 Å². The van der Waals surface area contributed by atoms with E-state index >= 15 is 0 Å². The fourth-order valence-corrected chi connectivity index (χ4v) is 3.55. The van der Waals surface area contributed by atoms with E-state index in [1.165, 1.54) is 0 Å². The van der Waals surface area contributed by atoms with Crippen LogP contribution in [0.1, 0.15) is 24.3 Å². The van der Waals surface area contributed by atoms with Gasteiger partial charge in [-0.3, -0.25) is 4.57 Å². The van der Waals surface area contributed by atoms with Gasteiger partial charge in [0.2, 0.25) is 0 Å². The third-order valence-electron chi connectivity index (χ3n) is 4.36. The van der Waals surface area contributed by atoms with Crippen molar-refractivity contribution in [1.82, 2.24) is 24.7 Å². The normalized spacial score (nSPS) is 14.3. The monoisotopic (exact) mass is 352 g/mol. The maximum absolute atomic E-state index is 5.31. The minimum Gasteiger partial charge on any atom is -0.365 e. The van der Waals surface area contributed by atoms with Crippen LogP contribution in [0, 0.1) is 13.8 Å². The number of fused-ring (bicyclic) bond motifs is 1. The van der Waals surface area contributed by atoms with Gasteiger partial charge in [0.1, 0.15) is 12.1 Å². The Morgan fingerprint density at radius 2 is 2.16 bits per heavy atom. The van der Waals surface area contributed by atoms with Crippen molar-refractivity contribution in [2.45, 2.75) is 32.7 Å². The van der Waals surface area contributed by atoms with E-state index in [-0.39, 0.29) is 0 Å². The molecule has 0 saturated heterocycles. The minimum absolute atomic E-state index is 0.474. The number of nitrogens with zero attached hydrogens (tertiary/aromatic N) is 5. The molecule has 0 bridgehead atoms. The number of anilines is 1. The molecule has 0 spiro atoms. The van der Waals surface area contributed by atoms with Crippen LogP contribution in [0.25, 0.3) is 28.2 Å². The molecule has 1 N–H and O–H groups in total. The van der Waals surface area contributed by atoms with Crippen LogP contribution in [0.15, 0.2) is 27.7 Å². The molecule has 4 aromatic heterocycles. The van der Waals surface area contributed by atoms with E-state index in [2.05, 4.69) is 26.9 Å². The second-order valence-electron chi connectivity index (χ2n) is 6.28. The first-order chi connectivity index (χ1) is 12.2. The van der Waals surface area contributed by atoms with E-state index in [1.54, 1.807) is 17.7 Å². The van der Waals surface area contributed by atoms with Gasteiger partial charge in [-0.1, -0.05) is 5.16 Å². The molecular weight excluding hydrogens is 336 g/mol. The summed E-state index contributed by atoms with van der Waals surface area (Å²) in [6, 6.07) is 2.53. The van der Waals surface area contributed by atoms with Gasteiger partial charge in [-0.05, 0) is 38.1 Å². The summed E-state index contributed by atoms with van der Waals surface area (Å²) in [4.78, 5) is 14.1. The lowest BCUT2D eigenvalue weighted by atomic mass is 10.2. The van der Waals surface area contributed by atoms with Crippen LogP contribution in [0.3, 0.4) is 0 Å². The van der Waals surface area contributed by atoms with Gasteiger partial charge < -0.3 is 9.84 Å². The van der Waals surface area contributed by atoms with Gasteiger partial charge in [0.15, 0.2) is 22.8 Å². The lowest BCUT2D eigenvalue weighted by molar-refractivity contribution is 0.393. The van der Waals surface area contributed by atoms with Gasteiger partial charge in [0, 0.05) is 11.4 Å². The number of hydrogen-bond acceptors (Lipinski definition) is 7. The molecule has 4 heterocycles. The molecule has 7 nitrogen and oxygen atoms in total. The molecule has 4 aromatic rings. The zero-order valence-electron chi connectivity index (χ0n) is 13.9. The Balaban J connectivity index is 1.76. The largest absolute Gasteiger partial charge is 0.365 e. The van der Waals surface area contributed by atoms with Crippen molar-refractivity contribution in [3.63, 3.8) is 0 Å². The highest BCUT2D eigenvalue weighted by molar-refractivity contribution is 7.08. The molecule has 1 aliphatic carbocycles. The molecule has 25 heavy (non-hydrogen) atoms. The van der Waals surface area contributed by atoms with E-state index in [0.717, 1.165) is 52.5 Å². The van der Waals surface area contributed by atoms with Crippen LogP contribution < -0.4 is 5.32 Å². The van der Waals surface area contributed by atoms with Crippen molar-refractivity contribution >= 4 is 28.3 Å². The van der Waals surface area contributed by atoms with Crippen molar-refractivity contribution in [3.8, 4) is 17.1 Å². The van der Waals surface area contributed by atoms with Crippen LogP contribution in [0.4, 0.5) is 5.82 Å². The quantitative estimate of drug-likeness (QED) is 0.603. The van der Waals surface area contributed by atoms with Gasteiger partial charge in [0.05, 0.1) is 16.9 Å². The summed E-state index contributed by atoms with van der Waals surface area (Å²) in [5.74, 6) is 2.11. The third kappa shape index (κ3) is 2.41. The summed E-state index contributed by atoms with van der Waals surface area (Å²) in [7, 11) is 0. The van der Waals surface area contributed by atoms with Gasteiger partial charge >= 0.3 is 0 Å². The Morgan fingerprint density at radius 1 is 1.28 bits per heavy atom. The number of aromatic nitrogens is 5. The van der Waals surface area contributed by atoms with E-state index in [0.29, 0.717) is 11.9 Å². The molecule has 0 radical (unpaired) electrons. The Bertz CT molecular complexity index is 1040. The highest BCUT2D eigenvalue weighted by atomic mass is 32.1.